The van der Waals surface area contributed by atoms with Crippen LogP contribution >= 0.6 is 0 Å². The van der Waals surface area contributed by atoms with Gasteiger partial charge in [-0.15, -0.1) is 0 Å². The quantitative estimate of drug-likeness (QED) is 0.561. The second kappa shape index (κ2) is 5.23. The molecule has 3 atom stereocenters. The lowest BCUT2D eigenvalue weighted by atomic mass is 9.63. The van der Waals surface area contributed by atoms with Crippen molar-refractivity contribution in [3.8, 4) is 0 Å². The maximum atomic E-state index is 5.39. The smallest absolute Gasteiger partial charge is 0.144 e. The molecule has 2 bridgehead atoms. The first-order valence-electron chi connectivity index (χ1n) is 8.19. The molecule has 3 aliphatic carbocycles. The van der Waals surface area contributed by atoms with Crippen LogP contribution in [0.25, 0.3) is 0 Å². The summed E-state index contributed by atoms with van der Waals surface area (Å²) in [6, 6.07) is 4.45. The van der Waals surface area contributed by atoms with Crippen molar-refractivity contribution in [2.45, 2.75) is 57.4 Å². The van der Waals surface area contributed by atoms with Crippen molar-refractivity contribution in [3.63, 3.8) is 0 Å². The molecule has 0 N–H and O–H groups in total. The summed E-state index contributed by atoms with van der Waals surface area (Å²) in [5.41, 5.74) is 3.61. The van der Waals surface area contributed by atoms with Crippen molar-refractivity contribution >= 4 is 6.21 Å². The van der Waals surface area contributed by atoms with Crippen molar-refractivity contribution in [1.29, 1.82) is 0 Å². The van der Waals surface area contributed by atoms with E-state index in [1.165, 1.54) is 51.4 Å². The fourth-order valence-electron chi connectivity index (χ4n) is 4.61. The van der Waals surface area contributed by atoms with Crippen molar-refractivity contribution in [2.75, 3.05) is 0 Å². The van der Waals surface area contributed by atoms with Crippen LogP contribution in [-0.2, 0) is 0 Å². The van der Waals surface area contributed by atoms with Gasteiger partial charge in [0.05, 0.1) is 18.5 Å². The minimum absolute atomic E-state index is 0.519. The predicted molar refractivity (Wildman–Crippen MR) is 81.0 cm³/mol. The summed E-state index contributed by atoms with van der Waals surface area (Å²) in [6.45, 7) is 0. The zero-order valence-corrected chi connectivity index (χ0v) is 12.1. The first-order chi connectivity index (χ1) is 9.92. The molecule has 1 aromatic rings. The van der Waals surface area contributed by atoms with Crippen molar-refractivity contribution in [1.82, 2.24) is 0 Å². The SMILES string of the molecule is C(=N[C@H]1C2CCC[C@H]1C1=C(CCCC1)C2)c1ccco1. The highest BCUT2D eigenvalue weighted by molar-refractivity contribution is 5.75. The number of allylic oxidation sites excluding steroid dienone is 1. The molecule has 3 aliphatic rings. The maximum absolute atomic E-state index is 5.39. The van der Waals surface area contributed by atoms with Gasteiger partial charge in [-0.1, -0.05) is 17.6 Å². The number of fused-ring (bicyclic) bond motifs is 3. The Hall–Kier alpha value is -1.31. The van der Waals surface area contributed by atoms with Gasteiger partial charge in [0.15, 0.2) is 0 Å². The summed E-state index contributed by atoms with van der Waals surface area (Å²) in [4.78, 5) is 4.95. The Balaban J connectivity index is 1.62. The van der Waals surface area contributed by atoms with Crippen LogP contribution in [0.2, 0.25) is 0 Å². The molecule has 1 saturated carbocycles. The lowest BCUT2D eigenvalue weighted by Gasteiger charge is -2.44. The van der Waals surface area contributed by atoms with E-state index in [4.69, 9.17) is 9.41 Å². The number of furan rings is 1. The van der Waals surface area contributed by atoms with Gasteiger partial charge in [-0.2, -0.15) is 0 Å². The monoisotopic (exact) mass is 269 g/mol. The lowest BCUT2D eigenvalue weighted by molar-refractivity contribution is 0.215. The van der Waals surface area contributed by atoms with Crippen LogP contribution < -0.4 is 0 Å². The van der Waals surface area contributed by atoms with Crippen LogP contribution in [0, 0.1) is 11.8 Å². The van der Waals surface area contributed by atoms with Crippen LogP contribution in [0.4, 0.5) is 0 Å². The summed E-state index contributed by atoms with van der Waals surface area (Å²) in [5, 5.41) is 0. The van der Waals surface area contributed by atoms with Crippen molar-refractivity contribution in [2.24, 2.45) is 16.8 Å². The first kappa shape index (κ1) is 12.4. The third-order valence-electron chi connectivity index (χ3n) is 5.49. The van der Waals surface area contributed by atoms with Crippen LogP contribution in [0.5, 0.6) is 0 Å². The molecule has 1 aromatic heterocycles. The van der Waals surface area contributed by atoms with Gasteiger partial charge in [-0.25, -0.2) is 0 Å². The standard InChI is InChI=1S/C18H23NO/c1-2-8-16-13(5-1)11-14-6-3-9-17(16)18(14)19-12-15-7-4-10-20-15/h4,7,10,12,14,17-18H,1-3,5-6,8-9,11H2/t14?,17-,18-/m0/s1. The lowest BCUT2D eigenvalue weighted by Crippen LogP contribution is -2.38. The number of hydrogen-bond acceptors (Lipinski definition) is 2. The highest BCUT2D eigenvalue weighted by atomic mass is 16.3. The van der Waals surface area contributed by atoms with Crippen LogP contribution in [0.15, 0.2) is 39.0 Å². The van der Waals surface area contributed by atoms with Crippen molar-refractivity contribution in [3.05, 3.63) is 35.3 Å². The Kier molecular flexibility index (Phi) is 3.25. The molecular formula is C18H23NO. The van der Waals surface area contributed by atoms with Gasteiger partial charge in [0.2, 0.25) is 0 Å². The third-order valence-corrected chi connectivity index (χ3v) is 5.49. The number of hydrogen-bond donors (Lipinski definition) is 0. The van der Waals surface area contributed by atoms with Gasteiger partial charge in [0.1, 0.15) is 5.76 Å². The summed E-state index contributed by atoms with van der Waals surface area (Å²) in [5.74, 6) is 2.42. The van der Waals surface area contributed by atoms with E-state index in [2.05, 4.69) is 0 Å². The fraction of sp³-hybridized carbons (Fsp3) is 0.611. The normalized spacial score (nSPS) is 33.5. The number of rotatable bonds is 2. The molecule has 106 valence electrons. The van der Waals surface area contributed by atoms with Gasteiger partial charge < -0.3 is 4.42 Å². The topological polar surface area (TPSA) is 25.5 Å². The van der Waals surface area contributed by atoms with E-state index in [0.717, 1.165) is 17.6 Å². The summed E-state index contributed by atoms with van der Waals surface area (Å²) in [7, 11) is 0. The maximum Gasteiger partial charge on any atom is 0.144 e. The molecule has 20 heavy (non-hydrogen) atoms. The van der Waals surface area contributed by atoms with Crippen LogP contribution in [-0.4, -0.2) is 12.3 Å². The van der Waals surface area contributed by atoms with E-state index in [9.17, 15) is 0 Å². The Bertz CT molecular complexity index is 526. The zero-order chi connectivity index (χ0) is 13.4. The molecule has 0 aromatic carbocycles. The molecule has 0 aliphatic heterocycles. The molecule has 0 saturated heterocycles. The molecule has 2 nitrogen and oxygen atoms in total. The Morgan fingerprint density at radius 2 is 2.10 bits per heavy atom. The predicted octanol–water partition coefficient (Wildman–Crippen LogP) is 4.76. The highest BCUT2D eigenvalue weighted by Crippen LogP contribution is 2.49. The van der Waals surface area contributed by atoms with Crippen LogP contribution in [0.3, 0.4) is 0 Å². The molecule has 0 amide bonds. The summed E-state index contributed by atoms with van der Waals surface area (Å²) in [6.07, 6.45) is 14.7. The second-order valence-electron chi connectivity index (χ2n) is 6.62. The highest BCUT2D eigenvalue weighted by Gasteiger charge is 2.40. The largest absolute Gasteiger partial charge is 0.463 e. The van der Waals surface area contributed by atoms with Crippen molar-refractivity contribution < 1.29 is 4.42 Å². The molecule has 4 rings (SSSR count). The van der Waals surface area contributed by atoms with Crippen LogP contribution in [0.1, 0.15) is 57.1 Å². The molecule has 1 heterocycles. The fourth-order valence-corrected chi connectivity index (χ4v) is 4.61. The minimum Gasteiger partial charge on any atom is -0.463 e. The molecule has 0 spiro atoms. The van der Waals surface area contributed by atoms with Gasteiger partial charge >= 0.3 is 0 Å². The van der Waals surface area contributed by atoms with E-state index in [0.29, 0.717) is 6.04 Å². The van der Waals surface area contributed by atoms with E-state index >= 15 is 0 Å². The Morgan fingerprint density at radius 3 is 3.00 bits per heavy atom. The number of aliphatic imine (C=N–C) groups is 1. The molecule has 0 radical (unpaired) electrons. The minimum atomic E-state index is 0.519. The molecule has 2 heteroatoms. The number of nitrogens with zero attached hydrogens (tertiary/aromatic N) is 1. The average molecular weight is 269 g/mol. The van der Waals surface area contributed by atoms with E-state index in [-0.39, 0.29) is 0 Å². The molecular weight excluding hydrogens is 246 g/mol. The Labute approximate surface area is 121 Å². The van der Waals surface area contributed by atoms with E-state index in [1.54, 1.807) is 11.8 Å². The molecule has 1 unspecified atom stereocenters. The summed E-state index contributed by atoms with van der Waals surface area (Å²) < 4.78 is 5.39. The van der Waals surface area contributed by atoms with Gasteiger partial charge in [0, 0.05) is 5.92 Å². The van der Waals surface area contributed by atoms with E-state index < -0.39 is 0 Å². The average Bonchev–Trinajstić information content (AvgIpc) is 2.98. The second-order valence-corrected chi connectivity index (χ2v) is 6.62. The van der Waals surface area contributed by atoms with Gasteiger partial charge in [0.25, 0.3) is 0 Å². The van der Waals surface area contributed by atoms with Gasteiger partial charge in [-0.3, -0.25) is 4.99 Å². The first-order valence-corrected chi connectivity index (χ1v) is 8.19. The van der Waals surface area contributed by atoms with E-state index in [1.807, 2.05) is 23.9 Å². The molecule has 1 fully saturated rings. The third kappa shape index (κ3) is 2.15. The Morgan fingerprint density at radius 1 is 1.15 bits per heavy atom. The van der Waals surface area contributed by atoms with Gasteiger partial charge in [-0.05, 0) is 63.0 Å². The summed E-state index contributed by atoms with van der Waals surface area (Å²) >= 11 is 0. The zero-order valence-electron chi connectivity index (χ0n) is 12.1.